The predicted octanol–water partition coefficient (Wildman–Crippen LogP) is 4.33. The first-order valence-electron chi connectivity index (χ1n) is 7.36. The van der Waals surface area contributed by atoms with Crippen LogP contribution in [-0.4, -0.2) is 15.2 Å². The summed E-state index contributed by atoms with van der Waals surface area (Å²) in [6.45, 7) is 0. The number of phenolic OH excluding ortho intramolecular Hbond substituents is 1. The van der Waals surface area contributed by atoms with Gasteiger partial charge < -0.3 is 15.2 Å². The Morgan fingerprint density at radius 1 is 0.917 bits per heavy atom. The fraction of sp³-hybridized carbons (Fsp3) is 0. The van der Waals surface area contributed by atoms with Crippen LogP contribution in [-0.2, 0) is 0 Å². The van der Waals surface area contributed by atoms with Crippen molar-refractivity contribution in [2.75, 3.05) is 0 Å². The average molecular weight is 335 g/mol. The van der Waals surface area contributed by atoms with Crippen LogP contribution in [0.25, 0.3) is 32.5 Å². The van der Waals surface area contributed by atoms with Crippen molar-refractivity contribution in [1.82, 2.24) is 4.98 Å². The molecule has 0 atom stereocenters. The van der Waals surface area contributed by atoms with Gasteiger partial charge in [0.15, 0.2) is 0 Å². The van der Waals surface area contributed by atoms with E-state index in [-0.39, 0.29) is 22.6 Å². The number of benzene rings is 2. The summed E-state index contributed by atoms with van der Waals surface area (Å²) in [6, 6.07) is 15.9. The molecule has 0 aliphatic rings. The van der Waals surface area contributed by atoms with Gasteiger partial charge >= 0.3 is 0 Å². The van der Waals surface area contributed by atoms with Gasteiger partial charge in [-0.2, -0.15) is 0 Å². The van der Waals surface area contributed by atoms with Gasteiger partial charge in [-0.25, -0.2) is 0 Å². The predicted molar refractivity (Wildman–Crippen MR) is 96.6 cm³/mol. The van der Waals surface area contributed by atoms with Gasteiger partial charge in [-0.3, -0.25) is 4.79 Å². The van der Waals surface area contributed by atoms with Crippen LogP contribution in [0.15, 0.2) is 64.8 Å². The van der Waals surface area contributed by atoms with Crippen molar-refractivity contribution < 1.29 is 10.2 Å². The first-order valence-corrected chi connectivity index (χ1v) is 8.24. The Hall–Kier alpha value is -3.05. The second-order valence-corrected chi connectivity index (χ2v) is 6.33. The van der Waals surface area contributed by atoms with Crippen LogP contribution in [0.4, 0.5) is 0 Å². The SMILES string of the molecule is O=c1[nH]c2scc(-c3cccc(O)c3)c2c(O)c1-c1ccccc1. The lowest BCUT2D eigenvalue weighted by Crippen LogP contribution is -2.08. The molecule has 0 radical (unpaired) electrons. The van der Waals surface area contributed by atoms with E-state index in [1.165, 1.54) is 11.3 Å². The molecule has 5 heteroatoms. The van der Waals surface area contributed by atoms with Gasteiger partial charge in [0.05, 0.1) is 10.9 Å². The zero-order valence-corrected chi connectivity index (χ0v) is 13.3. The molecule has 2 heterocycles. The number of rotatable bonds is 2. The fourth-order valence-corrected chi connectivity index (χ4v) is 3.81. The Kier molecular flexibility index (Phi) is 3.36. The third kappa shape index (κ3) is 2.26. The molecular weight excluding hydrogens is 322 g/mol. The minimum absolute atomic E-state index is 0.0421. The Morgan fingerprint density at radius 2 is 1.67 bits per heavy atom. The summed E-state index contributed by atoms with van der Waals surface area (Å²) in [7, 11) is 0. The molecule has 4 aromatic rings. The van der Waals surface area contributed by atoms with Crippen molar-refractivity contribution in [3.63, 3.8) is 0 Å². The molecule has 4 nitrogen and oxygen atoms in total. The Bertz CT molecular complexity index is 1100. The number of pyridine rings is 1. The largest absolute Gasteiger partial charge is 0.508 e. The lowest BCUT2D eigenvalue weighted by atomic mass is 10.0. The molecule has 0 aliphatic carbocycles. The zero-order valence-electron chi connectivity index (χ0n) is 12.5. The van der Waals surface area contributed by atoms with E-state index in [4.69, 9.17) is 0 Å². The highest BCUT2D eigenvalue weighted by atomic mass is 32.1. The monoisotopic (exact) mass is 335 g/mol. The summed E-state index contributed by atoms with van der Waals surface area (Å²) in [5.41, 5.74) is 2.14. The third-order valence-electron chi connectivity index (χ3n) is 3.94. The molecule has 118 valence electrons. The van der Waals surface area contributed by atoms with Gasteiger partial charge in [0, 0.05) is 10.9 Å². The summed E-state index contributed by atoms with van der Waals surface area (Å²) in [4.78, 5) is 15.9. The van der Waals surface area contributed by atoms with Crippen molar-refractivity contribution in [2.24, 2.45) is 0 Å². The van der Waals surface area contributed by atoms with Crippen LogP contribution in [0.5, 0.6) is 11.5 Å². The second-order valence-electron chi connectivity index (χ2n) is 5.45. The summed E-state index contributed by atoms with van der Waals surface area (Å²) in [5, 5.41) is 23.0. The molecule has 4 rings (SSSR count). The molecule has 0 spiro atoms. The highest BCUT2D eigenvalue weighted by Gasteiger charge is 2.18. The van der Waals surface area contributed by atoms with E-state index in [2.05, 4.69) is 4.98 Å². The highest BCUT2D eigenvalue weighted by Crippen LogP contribution is 2.41. The quantitative estimate of drug-likeness (QED) is 0.510. The smallest absolute Gasteiger partial charge is 0.260 e. The van der Waals surface area contributed by atoms with Crippen LogP contribution >= 0.6 is 11.3 Å². The first kappa shape index (κ1) is 14.5. The molecule has 0 aliphatic heterocycles. The van der Waals surface area contributed by atoms with Crippen molar-refractivity contribution in [2.45, 2.75) is 0 Å². The molecule has 0 saturated carbocycles. The van der Waals surface area contributed by atoms with Crippen LogP contribution in [0.1, 0.15) is 0 Å². The molecule has 3 N–H and O–H groups in total. The third-order valence-corrected chi connectivity index (χ3v) is 4.83. The van der Waals surface area contributed by atoms with Crippen molar-refractivity contribution in [1.29, 1.82) is 0 Å². The highest BCUT2D eigenvalue weighted by molar-refractivity contribution is 7.17. The number of nitrogens with one attached hydrogen (secondary N) is 1. The van der Waals surface area contributed by atoms with Gasteiger partial charge in [-0.05, 0) is 23.3 Å². The van der Waals surface area contributed by atoms with Gasteiger partial charge in [0.2, 0.25) is 0 Å². The lowest BCUT2D eigenvalue weighted by molar-refractivity contribution is 0.475. The maximum atomic E-state index is 12.4. The summed E-state index contributed by atoms with van der Waals surface area (Å²) < 4.78 is 0. The number of aromatic hydroxyl groups is 2. The number of H-pyrrole nitrogens is 1. The Labute approximate surface area is 141 Å². The summed E-state index contributed by atoms with van der Waals surface area (Å²) in [5.74, 6) is 0.110. The molecule has 2 aromatic heterocycles. The van der Waals surface area contributed by atoms with E-state index in [1.54, 1.807) is 30.3 Å². The first-order chi connectivity index (χ1) is 11.6. The Balaban J connectivity index is 2.05. The van der Waals surface area contributed by atoms with Crippen molar-refractivity contribution in [3.05, 3.63) is 70.3 Å². The molecule has 0 bridgehead atoms. The number of fused-ring (bicyclic) bond motifs is 1. The second kappa shape index (κ2) is 5.54. The summed E-state index contributed by atoms with van der Waals surface area (Å²) in [6.07, 6.45) is 0. The van der Waals surface area contributed by atoms with Crippen LogP contribution in [0.3, 0.4) is 0 Å². The molecule has 0 saturated heterocycles. The minimum Gasteiger partial charge on any atom is -0.508 e. The number of phenols is 1. The van der Waals surface area contributed by atoms with E-state index < -0.39 is 0 Å². The molecular formula is C19H13NO3S. The molecule has 2 aromatic carbocycles. The van der Waals surface area contributed by atoms with Gasteiger partial charge in [0.25, 0.3) is 5.56 Å². The van der Waals surface area contributed by atoms with E-state index in [1.807, 2.05) is 29.6 Å². The lowest BCUT2D eigenvalue weighted by Gasteiger charge is -2.07. The van der Waals surface area contributed by atoms with Crippen LogP contribution in [0, 0.1) is 0 Å². The van der Waals surface area contributed by atoms with E-state index in [0.717, 1.165) is 11.1 Å². The Morgan fingerprint density at radius 3 is 2.42 bits per heavy atom. The normalized spacial score (nSPS) is 11.0. The van der Waals surface area contributed by atoms with E-state index >= 15 is 0 Å². The molecule has 0 amide bonds. The number of aromatic nitrogens is 1. The standard InChI is InChI=1S/C19H13NO3S/c21-13-8-4-7-12(9-13)14-10-24-19-16(14)17(22)15(18(23)20-19)11-5-2-1-3-6-11/h1-10,21H,(H2,20,22,23). The van der Waals surface area contributed by atoms with Crippen molar-refractivity contribution >= 4 is 21.6 Å². The molecule has 0 unspecified atom stereocenters. The van der Waals surface area contributed by atoms with Gasteiger partial charge in [0.1, 0.15) is 16.3 Å². The van der Waals surface area contributed by atoms with Gasteiger partial charge in [-0.15, -0.1) is 11.3 Å². The zero-order chi connectivity index (χ0) is 16.7. The topological polar surface area (TPSA) is 73.3 Å². The number of hydrogen-bond acceptors (Lipinski definition) is 4. The minimum atomic E-state index is -0.324. The number of hydrogen-bond donors (Lipinski definition) is 3. The number of thiophene rings is 1. The van der Waals surface area contributed by atoms with E-state index in [9.17, 15) is 15.0 Å². The maximum Gasteiger partial charge on any atom is 0.260 e. The molecule has 24 heavy (non-hydrogen) atoms. The maximum absolute atomic E-state index is 12.4. The van der Waals surface area contributed by atoms with Gasteiger partial charge in [-0.1, -0.05) is 42.5 Å². The average Bonchev–Trinajstić information content (AvgIpc) is 3.00. The van der Waals surface area contributed by atoms with Crippen molar-refractivity contribution in [3.8, 4) is 33.8 Å². The van der Waals surface area contributed by atoms with E-state index in [0.29, 0.717) is 15.8 Å². The number of aromatic amines is 1. The van der Waals surface area contributed by atoms with Crippen LogP contribution in [0.2, 0.25) is 0 Å². The van der Waals surface area contributed by atoms with Crippen LogP contribution < -0.4 is 5.56 Å². The fourth-order valence-electron chi connectivity index (χ4n) is 2.84. The molecule has 0 fully saturated rings. The summed E-state index contributed by atoms with van der Waals surface area (Å²) >= 11 is 1.35.